The molecule has 0 spiro atoms. The van der Waals surface area contributed by atoms with Gasteiger partial charge < -0.3 is 10.1 Å². The van der Waals surface area contributed by atoms with Gasteiger partial charge in [-0.2, -0.15) is 0 Å². The molecule has 0 heterocycles. The highest BCUT2D eigenvalue weighted by atomic mass is 19.1. The Bertz CT molecular complexity index is 608. The van der Waals surface area contributed by atoms with Crippen LogP contribution in [0.4, 0.5) is 4.39 Å². The van der Waals surface area contributed by atoms with Crippen molar-refractivity contribution in [2.24, 2.45) is 0 Å². The molecule has 0 aliphatic heterocycles. The summed E-state index contributed by atoms with van der Waals surface area (Å²) in [6.45, 7) is 0.760. The van der Waals surface area contributed by atoms with Gasteiger partial charge in [-0.25, -0.2) is 4.39 Å². The summed E-state index contributed by atoms with van der Waals surface area (Å²) in [6.07, 6.45) is 2.49. The summed E-state index contributed by atoms with van der Waals surface area (Å²) in [5.41, 5.74) is 2.58. The van der Waals surface area contributed by atoms with E-state index in [4.69, 9.17) is 4.74 Å². The van der Waals surface area contributed by atoms with Crippen molar-refractivity contribution in [1.29, 1.82) is 0 Å². The Morgan fingerprint density at radius 3 is 2.70 bits per heavy atom. The summed E-state index contributed by atoms with van der Waals surface area (Å²) < 4.78 is 19.3. The van der Waals surface area contributed by atoms with Crippen LogP contribution in [0, 0.1) is 5.82 Å². The van der Waals surface area contributed by atoms with Gasteiger partial charge in [0.05, 0.1) is 7.11 Å². The van der Waals surface area contributed by atoms with Crippen LogP contribution in [0.1, 0.15) is 18.4 Å². The number of ether oxygens (including phenoxy) is 1. The third kappa shape index (κ3) is 2.83. The van der Waals surface area contributed by atoms with E-state index in [0.717, 1.165) is 23.4 Å². The predicted octanol–water partition coefficient (Wildman–Crippen LogP) is 3.75. The van der Waals surface area contributed by atoms with Crippen molar-refractivity contribution in [1.82, 2.24) is 5.32 Å². The predicted molar refractivity (Wildman–Crippen MR) is 78.2 cm³/mol. The van der Waals surface area contributed by atoms with Gasteiger partial charge in [0.15, 0.2) is 0 Å². The first-order valence-electron chi connectivity index (χ1n) is 6.93. The second-order valence-corrected chi connectivity index (χ2v) is 5.16. The minimum absolute atomic E-state index is 0.196. The smallest absolute Gasteiger partial charge is 0.131 e. The molecule has 2 nitrogen and oxygen atoms in total. The lowest BCUT2D eigenvalue weighted by Crippen LogP contribution is -2.15. The van der Waals surface area contributed by atoms with Crippen LogP contribution >= 0.6 is 0 Å². The molecule has 2 aromatic rings. The summed E-state index contributed by atoms with van der Waals surface area (Å²) >= 11 is 0. The van der Waals surface area contributed by atoms with Gasteiger partial charge in [-0.15, -0.1) is 0 Å². The average molecular weight is 271 g/mol. The zero-order valence-corrected chi connectivity index (χ0v) is 11.5. The molecule has 0 aromatic heterocycles. The monoisotopic (exact) mass is 271 g/mol. The van der Waals surface area contributed by atoms with E-state index in [2.05, 4.69) is 5.32 Å². The van der Waals surface area contributed by atoms with Crippen LogP contribution in [0.15, 0.2) is 42.5 Å². The van der Waals surface area contributed by atoms with Crippen molar-refractivity contribution in [3.05, 3.63) is 53.8 Å². The molecule has 0 saturated heterocycles. The Morgan fingerprint density at radius 2 is 2.00 bits per heavy atom. The van der Waals surface area contributed by atoms with E-state index in [1.165, 1.54) is 18.9 Å². The SMILES string of the molecule is COc1ccc(-c2ccccc2F)cc1CNC1CC1. The topological polar surface area (TPSA) is 21.3 Å². The summed E-state index contributed by atoms with van der Waals surface area (Å²) in [6, 6.07) is 13.3. The highest BCUT2D eigenvalue weighted by Gasteiger charge is 2.20. The molecule has 0 amide bonds. The van der Waals surface area contributed by atoms with Gasteiger partial charge in [-0.1, -0.05) is 24.3 Å². The van der Waals surface area contributed by atoms with E-state index in [1.807, 2.05) is 24.3 Å². The van der Waals surface area contributed by atoms with Gasteiger partial charge in [0.2, 0.25) is 0 Å². The second-order valence-electron chi connectivity index (χ2n) is 5.16. The first kappa shape index (κ1) is 13.1. The zero-order valence-electron chi connectivity index (χ0n) is 11.5. The minimum atomic E-state index is -0.196. The fourth-order valence-corrected chi connectivity index (χ4v) is 2.32. The lowest BCUT2D eigenvalue weighted by Gasteiger charge is -2.12. The maximum absolute atomic E-state index is 13.9. The molecule has 1 saturated carbocycles. The van der Waals surface area contributed by atoms with E-state index < -0.39 is 0 Å². The summed E-state index contributed by atoms with van der Waals surface area (Å²) in [5, 5.41) is 3.47. The van der Waals surface area contributed by atoms with Crippen molar-refractivity contribution in [3.8, 4) is 16.9 Å². The molecule has 2 aromatic carbocycles. The van der Waals surface area contributed by atoms with Crippen LogP contribution in [0.5, 0.6) is 5.75 Å². The quantitative estimate of drug-likeness (QED) is 0.894. The zero-order chi connectivity index (χ0) is 13.9. The molecule has 20 heavy (non-hydrogen) atoms. The molecular formula is C17H18FNO. The van der Waals surface area contributed by atoms with Crippen molar-refractivity contribution < 1.29 is 9.13 Å². The average Bonchev–Trinajstić information content (AvgIpc) is 3.29. The molecule has 1 aliphatic carbocycles. The Balaban J connectivity index is 1.91. The lowest BCUT2D eigenvalue weighted by atomic mass is 10.0. The third-order valence-corrected chi connectivity index (χ3v) is 3.62. The van der Waals surface area contributed by atoms with E-state index >= 15 is 0 Å². The normalized spacial score (nSPS) is 14.3. The van der Waals surface area contributed by atoms with Crippen LogP contribution < -0.4 is 10.1 Å². The maximum Gasteiger partial charge on any atom is 0.131 e. The molecule has 104 valence electrons. The van der Waals surface area contributed by atoms with Gasteiger partial charge in [-0.3, -0.25) is 0 Å². The largest absolute Gasteiger partial charge is 0.496 e. The van der Waals surface area contributed by atoms with Gasteiger partial charge >= 0.3 is 0 Å². The van der Waals surface area contributed by atoms with Crippen molar-refractivity contribution in [2.75, 3.05) is 7.11 Å². The fraction of sp³-hybridized carbons (Fsp3) is 0.294. The van der Waals surface area contributed by atoms with Crippen molar-refractivity contribution in [3.63, 3.8) is 0 Å². The van der Waals surface area contributed by atoms with E-state index in [-0.39, 0.29) is 5.82 Å². The Kier molecular flexibility index (Phi) is 3.70. The number of nitrogens with one attached hydrogen (secondary N) is 1. The molecule has 1 aliphatic rings. The summed E-state index contributed by atoms with van der Waals surface area (Å²) in [5.74, 6) is 0.650. The van der Waals surface area contributed by atoms with Crippen LogP contribution in [-0.2, 0) is 6.54 Å². The van der Waals surface area contributed by atoms with Crippen LogP contribution in [-0.4, -0.2) is 13.2 Å². The molecule has 1 fully saturated rings. The van der Waals surface area contributed by atoms with Gasteiger partial charge in [0.1, 0.15) is 11.6 Å². The first-order valence-corrected chi connectivity index (χ1v) is 6.93. The summed E-state index contributed by atoms with van der Waals surface area (Å²) in [7, 11) is 1.67. The first-order chi connectivity index (χ1) is 9.78. The number of benzene rings is 2. The Hall–Kier alpha value is -1.87. The number of rotatable bonds is 5. The number of halogens is 1. The molecule has 0 bridgehead atoms. The highest BCUT2D eigenvalue weighted by molar-refractivity contribution is 5.66. The molecule has 0 atom stereocenters. The fourth-order valence-electron chi connectivity index (χ4n) is 2.32. The lowest BCUT2D eigenvalue weighted by molar-refractivity contribution is 0.407. The van der Waals surface area contributed by atoms with Gasteiger partial charge in [0, 0.05) is 23.7 Å². The standard InChI is InChI=1S/C17H18FNO/c1-20-17-9-6-12(15-4-2-3-5-16(15)18)10-13(17)11-19-14-7-8-14/h2-6,9-10,14,19H,7-8,11H2,1H3. The number of hydrogen-bond acceptors (Lipinski definition) is 2. The summed E-state index contributed by atoms with van der Waals surface area (Å²) in [4.78, 5) is 0. The number of methoxy groups -OCH3 is 1. The van der Waals surface area contributed by atoms with Crippen LogP contribution in [0.2, 0.25) is 0 Å². The molecule has 0 unspecified atom stereocenters. The molecule has 3 heteroatoms. The maximum atomic E-state index is 13.9. The Morgan fingerprint density at radius 1 is 1.20 bits per heavy atom. The van der Waals surface area contributed by atoms with Crippen molar-refractivity contribution in [2.45, 2.75) is 25.4 Å². The van der Waals surface area contributed by atoms with Gasteiger partial charge in [0.25, 0.3) is 0 Å². The minimum Gasteiger partial charge on any atom is -0.496 e. The van der Waals surface area contributed by atoms with E-state index in [9.17, 15) is 4.39 Å². The van der Waals surface area contributed by atoms with Gasteiger partial charge in [-0.05, 0) is 36.6 Å². The second kappa shape index (κ2) is 5.63. The number of hydrogen-bond donors (Lipinski definition) is 1. The van der Waals surface area contributed by atoms with E-state index in [1.54, 1.807) is 19.2 Å². The van der Waals surface area contributed by atoms with Crippen LogP contribution in [0.25, 0.3) is 11.1 Å². The van der Waals surface area contributed by atoms with Crippen LogP contribution in [0.3, 0.4) is 0 Å². The Labute approximate surface area is 118 Å². The highest BCUT2D eigenvalue weighted by Crippen LogP contribution is 2.29. The molecular weight excluding hydrogens is 253 g/mol. The third-order valence-electron chi connectivity index (χ3n) is 3.62. The molecule has 0 radical (unpaired) electrons. The van der Waals surface area contributed by atoms with E-state index in [0.29, 0.717) is 11.6 Å². The van der Waals surface area contributed by atoms with Crippen molar-refractivity contribution >= 4 is 0 Å². The molecule has 3 rings (SSSR count). The molecule has 1 N–H and O–H groups in total.